The first-order valence-corrected chi connectivity index (χ1v) is 10.1. The molecule has 1 aromatic carbocycles. The smallest absolute Gasteiger partial charge is 0.243 e. The molecule has 2 aliphatic heterocycles. The summed E-state index contributed by atoms with van der Waals surface area (Å²) in [6.07, 6.45) is 0.919. The Hall–Kier alpha value is -0.950. The van der Waals surface area contributed by atoms with Crippen LogP contribution in [0.5, 0.6) is 0 Å². The van der Waals surface area contributed by atoms with Gasteiger partial charge in [-0.25, -0.2) is 8.42 Å². The van der Waals surface area contributed by atoms with Crippen molar-refractivity contribution in [2.24, 2.45) is 11.3 Å². The lowest BCUT2D eigenvalue weighted by Gasteiger charge is -2.30. The highest BCUT2D eigenvalue weighted by molar-refractivity contribution is 7.89. The van der Waals surface area contributed by atoms with Gasteiger partial charge >= 0.3 is 0 Å². The highest BCUT2D eigenvalue weighted by Crippen LogP contribution is 2.45. The van der Waals surface area contributed by atoms with Crippen molar-refractivity contribution in [3.05, 3.63) is 29.8 Å². The lowest BCUT2D eigenvalue weighted by molar-refractivity contribution is 0.101. The number of likely N-dealkylation sites (tertiary alicyclic amines) is 1. The van der Waals surface area contributed by atoms with Crippen molar-refractivity contribution in [1.29, 1.82) is 0 Å². The standard InChI is InChI=1S/C18H28N2O3S/c1-4-19-11-16(12-23-3)18(13-19)9-10-20(14-18)24(21,22)17-8-6-5-7-15(17)2/h5-8,16H,4,9-14H2,1-3H3/t16-,18-/m1/s1. The minimum Gasteiger partial charge on any atom is -0.384 e. The second kappa shape index (κ2) is 6.75. The van der Waals surface area contributed by atoms with Crippen molar-refractivity contribution < 1.29 is 13.2 Å². The maximum atomic E-state index is 13.1. The molecule has 0 unspecified atom stereocenters. The summed E-state index contributed by atoms with van der Waals surface area (Å²) in [6, 6.07) is 7.26. The first-order valence-electron chi connectivity index (χ1n) is 8.70. The van der Waals surface area contributed by atoms with Gasteiger partial charge in [0.05, 0.1) is 11.5 Å². The van der Waals surface area contributed by atoms with E-state index in [2.05, 4.69) is 11.8 Å². The van der Waals surface area contributed by atoms with Crippen molar-refractivity contribution >= 4 is 10.0 Å². The van der Waals surface area contributed by atoms with Crippen LogP contribution in [0, 0.1) is 18.3 Å². The van der Waals surface area contributed by atoms with Crippen molar-refractivity contribution in [2.45, 2.75) is 25.2 Å². The third kappa shape index (κ3) is 3.01. The minimum atomic E-state index is -3.42. The number of nitrogens with zero attached hydrogens (tertiary/aromatic N) is 2. The summed E-state index contributed by atoms with van der Waals surface area (Å²) >= 11 is 0. The van der Waals surface area contributed by atoms with E-state index >= 15 is 0 Å². The normalized spacial score (nSPS) is 28.9. The molecule has 3 rings (SSSR count). The summed E-state index contributed by atoms with van der Waals surface area (Å²) in [5, 5.41) is 0. The average Bonchev–Trinajstić information content (AvgIpc) is 3.14. The van der Waals surface area contributed by atoms with Crippen molar-refractivity contribution in [3.63, 3.8) is 0 Å². The molecule has 2 fully saturated rings. The van der Waals surface area contributed by atoms with Crippen LogP contribution in [0.1, 0.15) is 18.9 Å². The van der Waals surface area contributed by atoms with Crippen LogP contribution in [0.3, 0.4) is 0 Å². The van der Waals surface area contributed by atoms with Crippen LogP contribution < -0.4 is 0 Å². The molecule has 134 valence electrons. The zero-order valence-corrected chi connectivity index (χ0v) is 15.7. The van der Waals surface area contributed by atoms with E-state index in [1.165, 1.54) is 0 Å². The van der Waals surface area contributed by atoms with Crippen LogP contribution in [0.15, 0.2) is 29.2 Å². The molecule has 0 radical (unpaired) electrons. The number of aryl methyl sites for hydroxylation is 1. The van der Waals surface area contributed by atoms with Gasteiger partial charge in [0.25, 0.3) is 0 Å². The molecule has 0 aliphatic carbocycles. The number of ether oxygens (including phenoxy) is 1. The fourth-order valence-corrected chi connectivity index (χ4v) is 6.09. The molecule has 0 bridgehead atoms. The molecule has 0 saturated carbocycles. The SMILES string of the molecule is CCN1C[C@H](COC)[C@]2(CCN(S(=O)(=O)c3ccccc3C)C2)C1. The summed E-state index contributed by atoms with van der Waals surface area (Å²) < 4.78 is 33.3. The van der Waals surface area contributed by atoms with Gasteiger partial charge in [0.2, 0.25) is 10.0 Å². The number of rotatable bonds is 5. The summed E-state index contributed by atoms with van der Waals surface area (Å²) in [6.45, 7) is 8.92. The molecule has 6 heteroatoms. The van der Waals surface area contributed by atoms with Crippen LogP contribution in [-0.2, 0) is 14.8 Å². The Morgan fingerprint density at radius 3 is 2.71 bits per heavy atom. The number of sulfonamides is 1. The van der Waals surface area contributed by atoms with E-state index in [9.17, 15) is 8.42 Å². The maximum absolute atomic E-state index is 13.1. The molecule has 0 amide bonds. The van der Waals surface area contributed by atoms with Crippen molar-refractivity contribution in [1.82, 2.24) is 9.21 Å². The summed E-state index contributed by atoms with van der Waals surface area (Å²) in [5.74, 6) is 0.402. The van der Waals surface area contributed by atoms with Crippen molar-refractivity contribution in [2.75, 3.05) is 46.4 Å². The third-order valence-electron chi connectivity index (χ3n) is 5.76. The zero-order chi connectivity index (χ0) is 17.4. The molecule has 0 N–H and O–H groups in total. The second-order valence-electron chi connectivity index (χ2n) is 7.20. The van der Waals surface area contributed by atoms with Gasteiger partial charge in [0.15, 0.2) is 0 Å². The van der Waals surface area contributed by atoms with E-state index in [1.54, 1.807) is 23.5 Å². The lowest BCUT2D eigenvalue weighted by atomic mass is 9.78. The topological polar surface area (TPSA) is 49.9 Å². The zero-order valence-electron chi connectivity index (χ0n) is 14.9. The molecule has 2 heterocycles. The van der Waals surface area contributed by atoms with Gasteiger partial charge in [-0.15, -0.1) is 0 Å². The first-order chi connectivity index (χ1) is 11.4. The summed E-state index contributed by atoms with van der Waals surface area (Å²) in [5.41, 5.74) is 0.843. The number of methoxy groups -OCH3 is 1. The number of hydrogen-bond donors (Lipinski definition) is 0. The molecule has 1 aromatic rings. The fraction of sp³-hybridized carbons (Fsp3) is 0.667. The van der Waals surface area contributed by atoms with Crippen LogP contribution in [0.4, 0.5) is 0 Å². The Kier molecular flexibility index (Phi) is 5.02. The molecule has 0 aromatic heterocycles. The van der Waals surface area contributed by atoms with Crippen LogP contribution in [0.25, 0.3) is 0 Å². The highest BCUT2D eigenvalue weighted by atomic mass is 32.2. The van der Waals surface area contributed by atoms with Gasteiger partial charge in [0, 0.05) is 44.6 Å². The second-order valence-corrected chi connectivity index (χ2v) is 9.10. The molecule has 24 heavy (non-hydrogen) atoms. The largest absolute Gasteiger partial charge is 0.384 e. The molecule has 5 nitrogen and oxygen atoms in total. The van der Waals surface area contributed by atoms with Gasteiger partial charge in [-0.1, -0.05) is 25.1 Å². The van der Waals surface area contributed by atoms with E-state index in [0.717, 1.165) is 31.6 Å². The lowest BCUT2D eigenvalue weighted by Crippen LogP contribution is -2.38. The van der Waals surface area contributed by atoms with E-state index < -0.39 is 10.0 Å². The molecule has 2 atom stereocenters. The molecule has 2 saturated heterocycles. The Labute approximate surface area is 145 Å². The predicted molar refractivity (Wildman–Crippen MR) is 94.5 cm³/mol. The highest BCUT2D eigenvalue weighted by Gasteiger charge is 2.52. The molecular formula is C18H28N2O3S. The van der Waals surface area contributed by atoms with Crippen molar-refractivity contribution in [3.8, 4) is 0 Å². The Morgan fingerprint density at radius 1 is 1.29 bits per heavy atom. The van der Waals surface area contributed by atoms with E-state index in [4.69, 9.17) is 4.74 Å². The summed E-state index contributed by atoms with van der Waals surface area (Å²) in [7, 11) is -1.69. The maximum Gasteiger partial charge on any atom is 0.243 e. The molecular weight excluding hydrogens is 324 g/mol. The molecule has 1 spiro atoms. The number of benzene rings is 1. The Balaban J connectivity index is 1.85. The van der Waals surface area contributed by atoms with Gasteiger partial charge in [-0.05, 0) is 31.5 Å². The third-order valence-corrected chi connectivity index (χ3v) is 7.77. The van der Waals surface area contributed by atoms with Crippen LogP contribution >= 0.6 is 0 Å². The molecule has 2 aliphatic rings. The fourth-order valence-electron chi connectivity index (χ4n) is 4.32. The number of hydrogen-bond acceptors (Lipinski definition) is 4. The van der Waals surface area contributed by atoms with E-state index in [-0.39, 0.29) is 5.41 Å². The van der Waals surface area contributed by atoms with E-state index in [1.807, 2.05) is 19.1 Å². The minimum absolute atomic E-state index is 0.0295. The van der Waals surface area contributed by atoms with Gasteiger partial charge in [0.1, 0.15) is 0 Å². The van der Waals surface area contributed by atoms with Crippen LogP contribution in [-0.4, -0.2) is 64.1 Å². The average molecular weight is 353 g/mol. The van der Waals surface area contributed by atoms with Crippen LogP contribution in [0.2, 0.25) is 0 Å². The predicted octanol–water partition coefficient (Wildman–Crippen LogP) is 1.97. The van der Waals surface area contributed by atoms with Gasteiger partial charge in [-0.2, -0.15) is 4.31 Å². The Bertz CT molecular complexity index is 691. The Morgan fingerprint density at radius 2 is 2.04 bits per heavy atom. The monoisotopic (exact) mass is 352 g/mol. The van der Waals surface area contributed by atoms with Gasteiger partial charge in [-0.3, -0.25) is 0 Å². The first kappa shape index (κ1) is 17.9. The quantitative estimate of drug-likeness (QED) is 0.813. The van der Waals surface area contributed by atoms with Gasteiger partial charge < -0.3 is 9.64 Å². The van der Waals surface area contributed by atoms with E-state index in [0.29, 0.717) is 30.5 Å². The summed E-state index contributed by atoms with van der Waals surface area (Å²) in [4.78, 5) is 2.86.